The van der Waals surface area contributed by atoms with E-state index in [0.29, 0.717) is 11.8 Å². The van der Waals surface area contributed by atoms with Gasteiger partial charge in [0.1, 0.15) is 0 Å². The number of imidazole rings is 1. The van der Waals surface area contributed by atoms with Crippen LogP contribution in [-0.4, -0.2) is 21.7 Å². The first-order valence-electron chi connectivity index (χ1n) is 5.30. The normalized spacial score (nSPS) is 13.4. The molecule has 0 amide bonds. The van der Waals surface area contributed by atoms with Crippen LogP contribution in [0.3, 0.4) is 0 Å². The molecule has 1 atom stereocenters. The Morgan fingerprint density at radius 2 is 2.21 bits per heavy atom. The molecule has 3 nitrogen and oxygen atoms in total. The Hall–Kier alpha value is -0.830. The van der Waals surface area contributed by atoms with Crippen LogP contribution in [-0.2, 0) is 6.42 Å². The Balaban J connectivity index is 2.32. The highest BCUT2D eigenvalue weighted by molar-refractivity contribution is 4.95. The SMILES string of the molecule is CC(C)CCC(CO)Cc1cnc[nH]1. The lowest BCUT2D eigenvalue weighted by atomic mass is 9.95. The first kappa shape index (κ1) is 11.2. The van der Waals surface area contributed by atoms with Crippen molar-refractivity contribution >= 4 is 0 Å². The van der Waals surface area contributed by atoms with E-state index in [0.717, 1.165) is 18.5 Å². The molecule has 3 heteroatoms. The van der Waals surface area contributed by atoms with Gasteiger partial charge >= 0.3 is 0 Å². The van der Waals surface area contributed by atoms with E-state index in [1.165, 1.54) is 6.42 Å². The second kappa shape index (κ2) is 5.81. The monoisotopic (exact) mass is 196 g/mol. The lowest BCUT2D eigenvalue weighted by Crippen LogP contribution is -2.11. The number of aliphatic hydroxyl groups excluding tert-OH is 1. The van der Waals surface area contributed by atoms with Crippen molar-refractivity contribution in [2.45, 2.75) is 33.1 Å². The molecular weight excluding hydrogens is 176 g/mol. The zero-order chi connectivity index (χ0) is 10.4. The number of aromatic nitrogens is 2. The second-order valence-corrected chi connectivity index (χ2v) is 4.30. The fourth-order valence-corrected chi connectivity index (χ4v) is 1.53. The van der Waals surface area contributed by atoms with Crippen molar-refractivity contribution < 1.29 is 5.11 Å². The van der Waals surface area contributed by atoms with E-state index in [1.807, 2.05) is 6.20 Å². The Morgan fingerprint density at radius 3 is 2.71 bits per heavy atom. The summed E-state index contributed by atoms with van der Waals surface area (Å²) >= 11 is 0. The maximum atomic E-state index is 9.20. The minimum Gasteiger partial charge on any atom is -0.396 e. The second-order valence-electron chi connectivity index (χ2n) is 4.30. The van der Waals surface area contributed by atoms with E-state index in [9.17, 15) is 5.11 Å². The summed E-state index contributed by atoms with van der Waals surface area (Å²) in [5.41, 5.74) is 1.12. The van der Waals surface area contributed by atoms with Crippen molar-refractivity contribution in [2.24, 2.45) is 11.8 Å². The van der Waals surface area contributed by atoms with Gasteiger partial charge in [-0.25, -0.2) is 4.98 Å². The summed E-state index contributed by atoms with van der Waals surface area (Å²) in [7, 11) is 0. The van der Waals surface area contributed by atoms with Crippen molar-refractivity contribution in [3.05, 3.63) is 18.2 Å². The first-order chi connectivity index (χ1) is 6.72. The van der Waals surface area contributed by atoms with Crippen molar-refractivity contribution in [1.29, 1.82) is 0 Å². The van der Waals surface area contributed by atoms with Crippen LogP contribution in [0.1, 0.15) is 32.4 Å². The fraction of sp³-hybridized carbons (Fsp3) is 0.727. The van der Waals surface area contributed by atoms with Crippen molar-refractivity contribution in [1.82, 2.24) is 9.97 Å². The lowest BCUT2D eigenvalue weighted by molar-refractivity contribution is 0.210. The molecule has 1 unspecified atom stereocenters. The Kier molecular flexibility index (Phi) is 4.66. The van der Waals surface area contributed by atoms with Crippen LogP contribution in [0.25, 0.3) is 0 Å². The molecule has 0 aromatic carbocycles. The van der Waals surface area contributed by atoms with E-state index in [1.54, 1.807) is 6.33 Å². The number of aromatic amines is 1. The maximum Gasteiger partial charge on any atom is 0.0921 e. The summed E-state index contributed by atoms with van der Waals surface area (Å²) < 4.78 is 0. The van der Waals surface area contributed by atoms with Crippen LogP contribution in [0, 0.1) is 11.8 Å². The van der Waals surface area contributed by atoms with Gasteiger partial charge in [0, 0.05) is 18.5 Å². The van der Waals surface area contributed by atoms with Crippen LogP contribution < -0.4 is 0 Å². The number of hydrogen-bond donors (Lipinski definition) is 2. The van der Waals surface area contributed by atoms with Crippen LogP contribution in [0.15, 0.2) is 12.5 Å². The summed E-state index contributed by atoms with van der Waals surface area (Å²) in [5, 5.41) is 9.20. The zero-order valence-corrected chi connectivity index (χ0v) is 9.03. The summed E-state index contributed by atoms with van der Waals surface area (Å²) in [6, 6.07) is 0. The third-order valence-electron chi connectivity index (χ3n) is 2.47. The van der Waals surface area contributed by atoms with Gasteiger partial charge in [0.25, 0.3) is 0 Å². The molecule has 0 aliphatic rings. The molecular formula is C11H20N2O. The third kappa shape index (κ3) is 3.92. The van der Waals surface area contributed by atoms with Gasteiger partial charge in [-0.15, -0.1) is 0 Å². The minimum atomic E-state index is 0.270. The van der Waals surface area contributed by atoms with E-state index in [-0.39, 0.29) is 6.61 Å². The highest BCUT2D eigenvalue weighted by Gasteiger charge is 2.10. The maximum absolute atomic E-state index is 9.20. The average Bonchev–Trinajstić information content (AvgIpc) is 2.64. The number of rotatable bonds is 6. The molecule has 80 valence electrons. The summed E-state index contributed by atoms with van der Waals surface area (Å²) in [5.74, 6) is 1.09. The molecule has 1 aromatic rings. The molecule has 14 heavy (non-hydrogen) atoms. The van der Waals surface area contributed by atoms with Crippen LogP contribution in [0.4, 0.5) is 0 Å². The number of nitrogens with one attached hydrogen (secondary N) is 1. The molecule has 2 N–H and O–H groups in total. The highest BCUT2D eigenvalue weighted by atomic mass is 16.3. The fourth-order valence-electron chi connectivity index (χ4n) is 1.53. The predicted molar refractivity (Wildman–Crippen MR) is 56.9 cm³/mol. The van der Waals surface area contributed by atoms with Gasteiger partial charge in [0.2, 0.25) is 0 Å². The number of hydrogen-bond acceptors (Lipinski definition) is 2. The van der Waals surface area contributed by atoms with Crippen molar-refractivity contribution in [2.75, 3.05) is 6.61 Å². The molecule has 0 aliphatic heterocycles. The van der Waals surface area contributed by atoms with Gasteiger partial charge in [-0.2, -0.15) is 0 Å². The third-order valence-corrected chi connectivity index (χ3v) is 2.47. The average molecular weight is 196 g/mol. The molecule has 1 heterocycles. The molecule has 0 aliphatic carbocycles. The van der Waals surface area contributed by atoms with Gasteiger partial charge in [-0.3, -0.25) is 0 Å². The number of nitrogens with zero attached hydrogens (tertiary/aromatic N) is 1. The molecule has 0 radical (unpaired) electrons. The van der Waals surface area contributed by atoms with Crippen LogP contribution >= 0.6 is 0 Å². The Bertz CT molecular complexity index is 231. The van der Waals surface area contributed by atoms with E-state index in [2.05, 4.69) is 23.8 Å². The summed E-state index contributed by atoms with van der Waals surface area (Å²) in [4.78, 5) is 7.03. The topological polar surface area (TPSA) is 48.9 Å². The van der Waals surface area contributed by atoms with E-state index >= 15 is 0 Å². The quantitative estimate of drug-likeness (QED) is 0.731. The molecule has 1 aromatic heterocycles. The van der Waals surface area contributed by atoms with Gasteiger partial charge in [-0.1, -0.05) is 20.3 Å². The van der Waals surface area contributed by atoms with Crippen LogP contribution in [0.5, 0.6) is 0 Å². The molecule has 0 saturated heterocycles. The van der Waals surface area contributed by atoms with Crippen molar-refractivity contribution in [3.8, 4) is 0 Å². The van der Waals surface area contributed by atoms with Gasteiger partial charge < -0.3 is 10.1 Å². The van der Waals surface area contributed by atoms with Crippen molar-refractivity contribution in [3.63, 3.8) is 0 Å². The predicted octanol–water partition coefficient (Wildman–Crippen LogP) is 2.00. The smallest absolute Gasteiger partial charge is 0.0921 e. The number of aliphatic hydroxyl groups is 1. The minimum absolute atomic E-state index is 0.270. The molecule has 0 bridgehead atoms. The van der Waals surface area contributed by atoms with Gasteiger partial charge in [0.15, 0.2) is 0 Å². The summed E-state index contributed by atoms with van der Waals surface area (Å²) in [6.07, 6.45) is 6.69. The van der Waals surface area contributed by atoms with Gasteiger partial charge in [-0.05, 0) is 24.7 Å². The molecule has 0 spiro atoms. The summed E-state index contributed by atoms with van der Waals surface area (Å²) in [6.45, 7) is 4.70. The largest absolute Gasteiger partial charge is 0.396 e. The van der Waals surface area contributed by atoms with Crippen LogP contribution in [0.2, 0.25) is 0 Å². The highest BCUT2D eigenvalue weighted by Crippen LogP contribution is 2.15. The molecule has 0 saturated carbocycles. The molecule has 1 rings (SSSR count). The number of H-pyrrole nitrogens is 1. The zero-order valence-electron chi connectivity index (χ0n) is 9.03. The van der Waals surface area contributed by atoms with E-state index in [4.69, 9.17) is 0 Å². The Morgan fingerprint density at radius 1 is 1.43 bits per heavy atom. The van der Waals surface area contributed by atoms with Gasteiger partial charge in [0.05, 0.1) is 6.33 Å². The first-order valence-corrected chi connectivity index (χ1v) is 5.30. The lowest BCUT2D eigenvalue weighted by Gasteiger charge is -2.14. The Labute approximate surface area is 85.6 Å². The molecule has 0 fully saturated rings. The standard InChI is InChI=1S/C11H20N2O/c1-9(2)3-4-10(7-14)5-11-6-12-8-13-11/h6,8-10,14H,3-5,7H2,1-2H3,(H,12,13). The van der Waals surface area contributed by atoms with E-state index < -0.39 is 0 Å².